The average Bonchev–Trinajstić information content (AvgIpc) is 2.10. The van der Waals surface area contributed by atoms with Crippen LogP contribution in [0.3, 0.4) is 0 Å². The minimum absolute atomic E-state index is 0.0889. The molecule has 0 aromatic carbocycles. The van der Waals surface area contributed by atoms with Gasteiger partial charge in [-0.3, -0.25) is 0 Å². The van der Waals surface area contributed by atoms with Gasteiger partial charge in [0.25, 0.3) is 0 Å². The van der Waals surface area contributed by atoms with Crippen molar-refractivity contribution in [3.63, 3.8) is 0 Å². The number of rotatable bonds is 2. The number of ether oxygens (including phenoxy) is 1. The molecule has 0 unspecified atom stereocenters. The second kappa shape index (κ2) is 4.39. The predicted octanol–water partition coefficient (Wildman–Crippen LogP) is 2.80. The molecule has 0 bridgehead atoms. The highest BCUT2D eigenvalue weighted by Crippen LogP contribution is 2.30. The molecular weight excluding hydrogens is 344 g/mol. The van der Waals surface area contributed by atoms with Gasteiger partial charge in [-0.2, -0.15) is 0 Å². The second-order valence-electron chi connectivity index (χ2n) is 2.70. The van der Waals surface area contributed by atoms with E-state index in [0.29, 0.717) is 6.07 Å². The van der Waals surface area contributed by atoms with Crippen molar-refractivity contribution in [1.82, 2.24) is 4.98 Å². The van der Waals surface area contributed by atoms with Crippen LogP contribution in [0.2, 0.25) is 0 Å². The van der Waals surface area contributed by atoms with E-state index >= 15 is 0 Å². The van der Waals surface area contributed by atoms with Crippen molar-refractivity contribution in [2.45, 2.75) is 13.3 Å². The predicted molar refractivity (Wildman–Crippen MR) is 55.0 cm³/mol. The zero-order valence-electron chi connectivity index (χ0n) is 7.71. The molecule has 9 heteroatoms. The maximum atomic E-state index is 12.0. The molecule has 0 radical (unpaired) electrons. The van der Waals surface area contributed by atoms with Crippen LogP contribution < -0.4 is 4.74 Å². The van der Waals surface area contributed by atoms with E-state index in [1.165, 1.54) is 6.92 Å². The molecule has 0 spiro atoms. The number of nitro groups is 1. The largest absolute Gasteiger partial charge is 0.573 e. The van der Waals surface area contributed by atoms with Gasteiger partial charge in [0.15, 0.2) is 0 Å². The van der Waals surface area contributed by atoms with E-state index in [1.54, 1.807) is 22.6 Å². The Morgan fingerprint density at radius 3 is 2.56 bits per heavy atom. The van der Waals surface area contributed by atoms with Crippen molar-refractivity contribution in [2.24, 2.45) is 0 Å². The minimum atomic E-state index is -4.89. The molecule has 0 fully saturated rings. The summed E-state index contributed by atoms with van der Waals surface area (Å²) < 4.78 is 39.7. The standard InChI is InChI=1S/C7H4F3IN2O3/c1-3-4(16-7(8,9)10)2-5(13(14)15)12-6(3)11/h2H,1H3. The molecule has 88 valence electrons. The lowest BCUT2D eigenvalue weighted by Gasteiger charge is -2.10. The molecule has 0 saturated carbocycles. The Bertz CT molecular complexity index is 436. The van der Waals surface area contributed by atoms with Crippen LogP contribution >= 0.6 is 22.6 Å². The third-order valence-electron chi connectivity index (χ3n) is 1.56. The monoisotopic (exact) mass is 348 g/mol. The second-order valence-corrected chi connectivity index (χ2v) is 3.72. The first-order valence-corrected chi connectivity index (χ1v) is 4.86. The number of hydrogen-bond acceptors (Lipinski definition) is 4. The Morgan fingerprint density at radius 1 is 1.56 bits per heavy atom. The van der Waals surface area contributed by atoms with E-state index in [9.17, 15) is 23.3 Å². The van der Waals surface area contributed by atoms with E-state index < -0.39 is 22.9 Å². The van der Waals surface area contributed by atoms with Gasteiger partial charge in [-0.05, 0) is 16.8 Å². The van der Waals surface area contributed by atoms with Crippen molar-refractivity contribution in [1.29, 1.82) is 0 Å². The number of halogens is 4. The maximum absolute atomic E-state index is 12.0. The number of aromatic nitrogens is 1. The first-order chi connectivity index (χ1) is 7.20. The molecular formula is C7H4F3IN2O3. The van der Waals surface area contributed by atoms with Crippen LogP contribution in [0, 0.1) is 20.7 Å². The fraction of sp³-hybridized carbons (Fsp3) is 0.286. The van der Waals surface area contributed by atoms with Gasteiger partial charge in [0.2, 0.25) is 3.70 Å². The Kier molecular flexibility index (Phi) is 3.55. The smallest absolute Gasteiger partial charge is 0.405 e. The zero-order valence-corrected chi connectivity index (χ0v) is 9.87. The molecule has 1 aromatic heterocycles. The molecule has 0 aliphatic rings. The molecule has 0 aliphatic carbocycles. The van der Waals surface area contributed by atoms with Gasteiger partial charge in [0.1, 0.15) is 5.75 Å². The van der Waals surface area contributed by atoms with Gasteiger partial charge in [-0.15, -0.1) is 13.2 Å². The van der Waals surface area contributed by atoms with Crippen LogP contribution in [0.5, 0.6) is 5.75 Å². The van der Waals surface area contributed by atoms with Crippen molar-refractivity contribution in [3.8, 4) is 5.75 Å². The third kappa shape index (κ3) is 3.18. The molecule has 0 saturated heterocycles. The maximum Gasteiger partial charge on any atom is 0.573 e. The van der Waals surface area contributed by atoms with Crippen molar-refractivity contribution >= 4 is 28.4 Å². The number of nitrogens with zero attached hydrogens (tertiary/aromatic N) is 2. The van der Waals surface area contributed by atoms with Crippen LogP contribution in [0.1, 0.15) is 5.56 Å². The summed E-state index contributed by atoms with van der Waals surface area (Å²) >= 11 is 1.60. The highest BCUT2D eigenvalue weighted by atomic mass is 127. The van der Waals surface area contributed by atoms with Crippen molar-refractivity contribution in [3.05, 3.63) is 25.4 Å². The molecule has 16 heavy (non-hydrogen) atoms. The van der Waals surface area contributed by atoms with Crippen LogP contribution in [-0.4, -0.2) is 16.3 Å². The summed E-state index contributed by atoms with van der Waals surface area (Å²) in [7, 11) is 0. The van der Waals surface area contributed by atoms with Gasteiger partial charge >= 0.3 is 12.2 Å². The van der Waals surface area contributed by atoms with E-state index in [4.69, 9.17) is 0 Å². The first-order valence-electron chi connectivity index (χ1n) is 3.78. The lowest BCUT2D eigenvalue weighted by atomic mass is 10.3. The molecule has 0 aliphatic heterocycles. The molecule has 0 N–H and O–H groups in total. The van der Waals surface area contributed by atoms with Crippen LogP contribution in [-0.2, 0) is 0 Å². The lowest BCUT2D eigenvalue weighted by molar-refractivity contribution is -0.389. The highest BCUT2D eigenvalue weighted by Gasteiger charge is 2.33. The topological polar surface area (TPSA) is 65.3 Å². The summed E-state index contributed by atoms with van der Waals surface area (Å²) in [6.45, 7) is 1.33. The van der Waals surface area contributed by atoms with E-state index in [0.717, 1.165) is 0 Å². The fourth-order valence-electron chi connectivity index (χ4n) is 0.868. The SMILES string of the molecule is Cc1c(OC(F)(F)F)cc([N+](=O)[O-])nc1I. The minimum Gasteiger partial charge on any atom is -0.405 e. The van der Waals surface area contributed by atoms with E-state index in [2.05, 4.69) is 9.72 Å². The van der Waals surface area contributed by atoms with Crippen molar-refractivity contribution in [2.75, 3.05) is 0 Å². The number of pyridine rings is 1. The normalized spacial score (nSPS) is 11.3. The van der Waals surface area contributed by atoms with E-state index in [1.807, 2.05) is 0 Å². The molecule has 1 aromatic rings. The van der Waals surface area contributed by atoms with Crippen LogP contribution in [0.15, 0.2) is 6.07 Å². The summed E-state index contributed by atoms with van der Waals surface area (Å²) in [6.07, 6.45) is -4.89. The molecule has 5 nitrogen and oxygen atoms in total. The third-order valence-corrected chi connectivity index (χ3v) is 2.61. The molecule has 1 heterocycles. The summed E-state index contributed by atoms with van der Waals surface area (Å²) in [4.78, 5) is 13.0. The van der Waals surface area contributed by atoms with Gasteiger partial charge in [-0.1, -0.05) is 0 Å². The first kappa shape index (κ1) is 12.9. The van der Waals surface area contributed by atoms with Gasteiger partial charge in [0.05, 0.1) is 6.07 Å². The Balaban J connectivity index is 3.22. The van der Waals surface area contributed by atoms with Crippen LogP contribution in [0.4, 0.5) is 19.0 Å². The quantitative estimate of drug-likeness (QED) is 0.357. The molecule has 0 amide bonds. The number of alkyl halides is 3. The van der Waals surface area contributed by atoms with Crippen molar-refractivity contribution < 1.29 is 22.8 Å². The van der Waals surface area contributed by atoms with Gasteiger partial charge < -0.3 is 14.9 Å². The molecule has 1 rings (SSSR count). The Morgan fingerprint density at radius 2 is 2.12 bits per heavy atom. The Hall–Kier alpha value is -1.13. The van der Waals surface area contributed by atoms with Gasteiger partial charge in [-0.25, -0.2) is 0 Å². The van der Waals surface area contributed by atoms with E-state index in [-0.39, 0.29) is 9.26 Å². The van der Waals surface area contributed by atoms with Crippen LogP contribution in [0.25, 0.3) is 0 Å². The fourth-order valence-corrected chi connectivity index (χ4v) is 1.38. The average molecular weight is 348 g/mol. The summed E-state index contributed by atoms with van der Waals surface area (Å²) in [5.41, 5.74) is 0.100. The zero-order chi connectivity index (χ0) is 12.5. The Labute approximate surface area is 101 Å². The lowest BCUT2D eigenvalue weighted by Crippen LogP contribution is -2.18. The number of hydrogen-bond donors (Lipinski definition) is 0. The summed E-state index contributed by atoms with van der Waals surface area (Å²) in [5.74, 6) is -1.30. The highest BCUT2D eigenvalue weighted by molar-refractivity contribution is 14.1. The summed E-state index contributed by atoms with van der Waals surface area (Å²) in [6, 6.07) is 0.644. The molecule has 0 atom stereocenters. The van der Waals surface area contributed by atoms with Gasteiger partial charge in [0, 0.05) is 28.2 Å². The summed E-state index contributed by atoms with van der Waals surface area (Å²) in [5, 5.41) is 10.4.